The minimum atomic E-state index is -0.411. The number of halogens is 2. The molecule has 0 bridgehead atoms. The van der Waals surface area contributed by atoms with Crippen LogP contribution < -0.4 is 5.32 Å². The van der Waals surface area contributed by atoms with Crippen molar-refractivity contribution in [1.29, 1.82) is 0 Å². The highest BCUT2D eigenvalue weighted by Gasteiger charge is 2.15. The number of anilines is 1. The number of furan rings is 1. The average Bonchev–Trinajstić information content (AvgIpc) is 2.97. The van der Waals surface area contributed by atoms with E-state index in [-0.39, 0.29) is 11.1 Å². The van der Waals surface area contributed by atoms with Gasteiger partial charge in [0, 0.05) is 0 Å². The number of imidazole rings is 1. The molecule has 19 heavy (non-hydrogen) atoms. The van der Waals surface area contributed by atoms with E-state index in [0.29, 0.717) is 21.4 Å². The van der Waals surface area contributed by atoms with Crippen molar-refractivity contribution in [2.75, 3.05) is 5.32 Å². The Kier molecular flexibility index (Phi) is 2.96. The fourth-order valence-electron chi connectivity index (χ4n) is 1.48. The van der Waals surface area contributed by atoms with Crippen LogP contribution in [0.5, 0.6) is 0 Å². The summed E-state index contributed by atoms with van der Waals surface area (Å²) in [6.07, 6.45) is 2.84. The van der Waals surface area contributed by atoms with Crippen LogP contribution >= 0.6 is 27.5 Å². The van der Waals surface area contributed by atoms with Crippen LogP contribution in [-0.4, -0.2) is 25.8 Å². The minimum absolute atomic E-state index is 0.0719. The molecule has 0 aliphatic carbocycles. The summed E-state index contributed by atoms with van der Waals surface area (Å²) in [5.41, 5.74) is 1.23. The standard InChI is InChI=1S/C10H5BrClN5O2/c11-6-4(1-2-19-6)9(18)17-10-15-7(12)5-8(16-10)14-3-13-5/h1-3H,(H2,13,14,15,16,17,18). The molecule has 3 rings (SSSR count). The maximum absolute atomic E-state index is 11.9. The highest BCUT2D eigenvalue weighted by Crippen LogP contribution is 2.21. The van der Waals surface area contributed by atoms with E-state index in [1.54, 1.807) is 0 Å². The Balaban J connectivity index is 1.93. The smallest absolute Gasteiger partial charge is 0.262 e. The van der Waals surface area contributed by atoms with Gasteiger partial charge in [-0.15, -0.1) is 0 Å². The molecule has 3 aromatic rings. The number of carbonyl (C=O) groups is 1. The molecule has 0 radical (unpaired) electrons. The maximum Gasteiger partial charge on any atom is 0.262 e. The fourth-order valence-corrected chi connectivity index (χ4v) is 2.12. The first kappa shape index (κ1) is 12.1. The van der Waals surface area contributed by atoms with Crippen molar-refractivity contribution in [3.05, 3.63) is 34.0 Å². The molecule has 3 aromatic heterocycles. The van der Waals surface area contributed by atoms with E-state index in [1.807, 2.05) is 0 Å². The molecule has 9 heteroatoms. The zero-order chi connectivity index (χ0) is 13.4. The highest BCUT2D eigenvalue weighted by atomic mass is 79.9. The van der Waals surface area contributed by atoms with Crippen LogP contribution in [0.25, 0.3) is 11.2 Å². The van der Waals surface area contributed by atoms with Crippen molar-refractivity contribution in [3.63, 3.8) is 0 Å². The fraction of sp³-hybridized carbons (Fsp3) is 0. The monoisotopic (exact) mass is 341 g/mol. The third-order valence-corrected chi connectivity index (χ3v) is 3.22. The van der Waals surface area contributed by atoms with E-state index < -0.39 is 5.91 Å². The van der Waals surface area contributed by atoms with E-state index in [0.717, 1.165) is 0 Å². The third kappa shape index (κ3) is 2.20. The second-order valence-corrected chi connectivity index (χ2v) is 4.58. The number of H-pyrrole nitrogens is 1. The van der Waals surface area contributed by atoms with Gasteiger partial charge in [-0.1, -0.05) is 11.6 Å². The van der Waals surface area contributed by atoms with Gasteiger partial charge in [0.25, 0.3) is 5.91 Å². The van der Waals surface area contributed by atoms with Gasteiger partial charge in [-0.05, 0) is 22.0 Å². The Morgan fingerprint density at radius 1 is 1.47 bits per heavy atom. The summed E-state index contributed by atoms with van der Waals surface area (Å²) >= 11 is 9.06. The van der Waals surface area contributed by atoms with Gasteiger partial charge >= 0.3 is 0 Å². The maximum atomic E-state index is 11.9. The first-order chi connectivity index (χ1) is 9.15. The van der Waals surface area contributed by atoms with Gasteiger partial charge in [0.2, 0.25) is 5.95 Å². The average molecular weight is 343 g/mol. The minimum Gasteiger partial charge on any atom is -0.457 e. The van der Waals surface area contributed by atoms with Crippen LogP contribution in [0.15, 0.2) is 27.7 Å². The number of nitrogens with one attached hydrogen (secondary N) is 2. The first-order valence-corrected chi connectivity index (χ1v) is 6.23. The Morgan fingerprint density at radius 2 is 2.32 bits per heavy atom. The molecule has 0 unspecified atom stereocenters. The molecule has 1 amide bonds. The first-order valence-electron chi connectivity index (χ1n) is 5.06. The van der Waals surface area contributed by atoms with Gasteiger partial charge < -0.3 is 9.40 Å². The van der Waals surface area contributed by atoms with Crippen LogP contribution in [-0.2, 0) is 0 Å². The van der Waals surface area contributed by atoms with Crippen molar-refractivity contribution in [3.8, 4) is 0 Å². The second-order valence-electron chi connectivity index (χ2n) is 3.50. The van der Waals surface area contributed by atoms with Crippen LogP contribution in [0.1, 0.15) is 10.4 Å². The van der Waals surface area contributed by atoms with Crippen molar-refractivity contribution < 1.29 is 9.21 Å². The van der Waals surface area contributed by atoms with Gasteiger partial charge in [-0.3, -0.25) is 10.1 Å². The summed E-state index contributed by atoms with van der Waals surface area (Å²) in [6.45, 7) is 0. The van der Waals surface area contributed by atoms with Crippen LogP contribution in [0.4, 0.5) is 5.95 Å². The van der Waals surface area contributed by atoms with Crippen LogP contribution in [0, 0.1) is 0 Å². The molecule has 0 aliphatic rings. The van der Waals surface area contributed by atoms with Gasteiger partial charge in [0.1, 0.15) is 5.52 Å². The SMILES string of the molecule is O=C(Nc1nc(Cl)c2[nH]cnc2n1)c1ccoc1Br. The molecule has 0 fully saturated rings. The van der Waals surface area contributed by atoms with Gasteiger partial charge in [0.05, 0.1) is 18.2 Å². The predicted molar refractivity (Wildman–Crippen MR) is 71.1 cm³/mol. The summed E-state index contributed by atoms with van der Waals surface area (Å²) in [5, 5.41) is 2.70. The summed E-state index contributed by atoms with van der Waals surface area (Å²) in [7, 11) is 0. The zero-order valence-electron chi connectivity index (χ0n) is 9.15. The van der Waals surface area contributed by atoms with E-state index in [4.69, 9.17) is 16.0 Å². The topological polar surface area (TPSA) is 96.7 Å². The lowest BCUT2D eigenvalue weighted by molar-refractivity contribution is 0.102. The molecule has 0 saturated carbocycles. The largest absolute Gasteiger partial charge is 0.457 e. The van der Waals surface area contributed by atoms with Gasteiger partial charge in [-0.2, -0.15) is 9.97 Å². The number of amides is 1. The Hall–Kier alpha value is -1.93. The molecule has 7 nitrogen and oxygen atoms in total. The summed E-state index contributed by atoms with van der Waals surface area (Å²) in [5.74, 6) is -0.339. The van der Waals surface area contributed by atoms with Crippen LogP contribution in [0.3, 0.4) is 0 Å². The predicted octanol–water partition coefficient (Wildman–Crippen LogP) is 2.61. The molecule has 0 aliphatic heterocycles. The normalized spacial score (nSPS) is 10.8. The third-order valence-electron chi connectivity index (χ3n) is 2.33. The molecule has 3 heterocycles. The number of hydrogen-bond acceptors (Lipinski definition) is 5. The molecule has 96 valence electrons. The van der Waals surface area contributed by atoms with Crippen molar-refractivity contribution in [1.82, 2.24) is 19.9 Å². The molecule has 0 saturated heterocycles. The molecule has 0 atom stereocenters. The second kappa shape index (κ2) is 4.63. The number of fused-ring (bicyclic) bond motifs is 1. The number of nitrogens with zero attached hydrogens (tertiary/aromatic N) is 3. The lowest BCUT2D eigenvalue weighted by Gasteiger charge is -2.02. The summed E-state index contributed by atoms with van der Waals surface area (Å²) in [4.78, 5) is 26.7. The Morgan fingerprint density at radius 3 is 3.05 bits per heavy atom. The highest BCUT2D eigenvalue weighted by molar-refractivity contribution is 9.10. The lowest BCUT2D eigenvalue weighted by atomic mass is 10.3. The van der Waals surface area contributed by atoms with E-state index in [1.165, 1.54) is 18.7 Å². The lowest BCUT2D eigenvalue weighted by Crippen LogP contribution is -2.14. The summed E-state index contributed by atoms with van der Waals surface area (Å²) in [6, 6.07) is 1.52. The molecule has 0 spiro atoms. The number of aromatic nitrogens is 4. The molecule has 0 aromatic carbocycles. The number of rotatable bonds is 2. The van der Waals surface area contributed by atoms with Crippen molar-refractivity contribution >= 4 is 50.6 Å². The van der Waals surface area contributed by atoms with Gasteiger partial charge in [-0.25, -0.2) is 4.98 Å². The Labute approximate surface area is 119 Å². The molecular weight excluding hydrogens is 338 g/mol. The number of hydrogen-bond donors (Lipinski definition) is 2. The van der Waals surface area contributed by atoms with E-state index >= 15 is 0 Å². The van der Waals surface area contributed by atoms with E-state index in [9.17, 15) is 4.79 Å². The van der Waals surface area contributed by atoms with E-state index in [2.05, 4.69) is 41.2 Å². The quantitative estimate of drug-likeness (QED) is 0.698. The summed E-state index contributed by atoms with van der Waals surface area (Å²) < 4.78 is 5.31. The van der Waals surface area contributed by atoms with Crippen molar-refractivity contribution in [2.24, 2.45) is 0 Å². The van der Waals surface area contributed by atoms with Crippen LogP contribution in [0.2, 0.25) is 5.15 Å². The molecule has 2 N–H and O–H groups in total. The van der Waals surface area contributed by atoms with Gasteiger partial charge in [0.15, 0.2) is 15.5 Å². The number of aromatic amines is 1. The molecular formula is C10H5BrClN5O2. The zero-order valence-corrected chi connectivity index (χ0v) is 11.5. The Bertz CT molecular complexity index is 768. The van der Waals surface area contributed by atoms with Crippen molar-refractivity contribution in [2.45, 2.75) is 0 Å². The number of carbonyl (C=O) groups excluding carboxylic acids is 1.